The number of amides is 1. The first kappa shape index (κ1) is 18.7. The molecule has 0 atom stereocenters. The third-order valence-electron chi connectivity index (χ3n) is 4.20. The molecule has 1 aliphatic carbocycles. The number of carbonyl (C=O) groups excluding carboxylic acids is 2. The second-order valence-electron chi connectivity index (χ2n) is 6.27. The van der Waals surface area contributed by atoms with E-state index in [1.807, 2.05) is 35.0 Å². The molecule has 144 valence electrons. The fourth-order valence-electron chi connectivity index (χ4n) is 2.71. The lowest BCUT2D eigenvalue weighted by atomic mass is 10.3. The van der Waals surface area contributed by atoms with Crippen LogP contribution in [0.3, 0.4) is 0 Å². The van der Waals surface area contributed by atoms with Crippen LogP contribution < -0.4 is 5.32 Å². The highest BCUT2D eigenvalue weighted by atomic mass is 32.2. The molecule has 3 aromatic rings. The number of nitrogens with zero attached hydrogens (tertiary/aromatic N) is 3. The first-order valence-corrected chi connectivity index (χ1v) is 10.6. The van der Waals surface area contributed by atoms with Gasteiger partial charge in [-0.2, -0.15) is 0 Å². The molecule has 1 saturated carbocycles. The number of thioether (sulfide) groups is 1. The predicted octanol–water partition coefficient (Wildman–Crippen LogP) is 3.72. The molecule has 0 bridgehead atoms. The third-order valence-corrected chi connectivity index (χ3v) is 5.93. The normalized spacial score (nSPS) is 13.3. The molecule has 7 nitrogen and oxygen atoms in total. The maximum atomic E-state index is 12.3. The number of anilines is 1. The van der Waals surface area contributed by atoms with Crippen LogP contribution in [0, 0.1) is 0 Å². The molecule has 1 N–H and O–H groups in total. The topological polar surface area (TPSA) is 86.1 Å². The van der Waals surface area contributed by atoms with Gasteiger partial charge < -0.3 is 10.1 Å². The van der Waals surface area contributed by atoms with E-state index in [1.165, 1.54) is 30.2 Å². The van der Waals surface area contributed by atoms with E-state index in [9.17, 15) is 9.59 Å². The van der Waals surface area contributed by atoms with Gasteiger partial charge in [0.05, 0.1) is 24.2 Å². The van der Waals surface area contributed by atoms with Crippen LogP contribution in [0.5, 0.6) is 0 Å². The predicted molar refractivity (Wildman–Crippen MR) is 108 cm³/mol. The van der Waals surface area contributed by atoms with Crippen molar-refractivity contribution in [3.05, 3.63) is 52.5 Å². The van der Waals surface area contributed by atoms with E-state index in [1.54, 1.807) is 11.4 Å². The Hall–Kier alpha value is -2.65. The number of esters is 1. The van der Waals surface area contributed by atoms with Crippen molar-refractivity contribution in [1.82, 2.24) is 14.8 Å². The van der Waals surface area contributed by atoms with Crippen molar-refractivity contribution in [3.8, 4) is 5.69 Å². The van der Waals surface area contributed by atoms with E-state index in [4.69, 9.17) is 4.74 Å². The second-order valence-corrected chi connectivity index (χ2v) is 8.12. The molecule has 2 heterocycles. The number of rotatable bonds is 7. The molecule has 1 fully saturated rings. The highest BCUT2D eigenvalue weighted by Gasteiger charge is 2.30. The van der Waals surface area contributed by atoms with Crippen LogP contribution in [0.1, 0.15) is 34.3 Å². The molecular weight excluding hydrogens is 396 g/mol. The van der Waals surface area contributed by atoms with Crippen LogP contribution in [0.2, 0.25) is 0 Å². The van der Waals surface area contributed by atoms with E-state index < -0.39 is 5.97 Å². The number of hydrogen-bond acceptors (Lipinski definition) is 7. The van der Waals surface area contributed by atoms with Crippen molar-refractivity contribution < 1.29 is 14.3 Å². The summed E-state index contributed by atoms with van der Waals surface area (Å²) in [5.74, 6) is 0.844. The van der Waals surface area contributed by atoms with Crippen molar-refractivity contribution in [2.24, 2.45) is 0 Å². The fourth-order valence-corrected chi connectivity index (χ4v) is 4.10. The van der Waals surface area contributed by atoms with Crippen LogP contribution in [0.15, 0.2) is 46.9 Å². The molecule has 4 rings (SSSR count). The number of benzene rings is 1. The molecule has 1 amide bonds. The average Bonchev–Trinajstić information content (AvgIpc) is 3.31. The molecule has 0 radical (unpaired) electrons. The quantitative estimate of drug-likeness (QED) is 0.468. The lowest BCUT2D eigenvalue weighted by Crippen LogP contribution is -2.15. The van der Waals surface area contributed by atoms with Crippen LogP contribution in [-0.4, -0.2) is 39.5 Å². The standard InChI is InChI=1S/C19H18N4O3S2/c1-26-18(25)16-14(9-10-27-16)20-15(24)11-28-19-21-17(12-7-8-12)23(22-19)13-5-3-2-4-6-13/h2-6,9-10,12H,7-8,11H2,1H3,(H,20,24). The maximum absolute atomic E-state index is 12.3. The molecule has 0 saturated heterocycles. The smallest absolute Gasteiger partial charge is 0.350 e. The Kier molecular flexibility index (Phi) is 5.45. The number of ether oxygens (including phenoxy) is 1. The number of nitrogens with one attached hydrogen (secondary N) is 1. The number of aromatic nitrogens is 3. The summed E-state index contributed by atoms with van der Waals surface area (Å²) in [5, 5.41) is 9.64. The number of para-hydroxylation sites is 1. The van der Waals surface area contributed by atoms with Crippen molar-refractivity contribution in [1.29, 1.82) is 0 Å². The second kappa shape index (κ2) is 8.15. The van der Waals surface area contributed by atoms with Crippen molar-refractivity contribution in [2.45, 2.75) is 23.9 Å². The Labute approximate surface area is 170 Å². The largest absolute Gasteiger partial charge is 0.465 e. The van der Waals surface area contributed by atoms with Gasteiger partial charge in [-0.05, 0) is 36.4 Å². The SMILES string of the molecule is COC(=O)c1sccc1NC(=O)CSc1nc(C2CC2)n(-c2ccccc2)n1. The van der Waals surface area contributed by atoms with Gasteiger partial charge in [0.1, 0.15) is 10.7 Å². The van der Waals surface area contributed by atoms with Gasteiger partial charge >= 0.3 is 5.97 Å². The number of hydrogen-bond donors (Lipinski definition) is 1. The highest BCUT2D eigenvalue weighted by Crippen LogP contribution is 2.40. The third kappa shape index (κ3) is 4.10. The van der Waals surface area contributed by atoms with Gasteiger partial charge in [-0.1, -0.05) is 30.0 Å². The lowest BCUT2D eigenvalue weighted by Gasteiger charge is -2.04. The summed E-state index contributed by atoms with van der Waals surface area (Å²) in [4.78, 5) is 29.0. The first-order valence-electron chi connectivity index (χ1n) is 8.76. The Balaban J connectivity index is 1.43. The summed E-state index contributed by atoms with van der Waals surface area (Å²) in [6, 6.07) is 11.6. The highest BCUT2D eigenvalue weighted by molar-refractivity contribution is 7.99. The van der Waals surface area contributed by atoms with E-state index in [0.29, 0.717) is 21.6 Å². The number of methoxy groups -OCH3 is 1. The zero-order valence-electron chi connectivity index (χ0n) is 15.1. The molecule has 0 spiro atoms. The van der Waals surface area contributed by atoms with Gasteiger partial charge in [0.2, 0.25) is 11.1 Å². The molecular formula is C19H18N4O3S2. The zero-order valence-corrected chi connectivity index (χ0v) is 16.8. The molecule has 0 aliphatic heterocycles. The van der Waals surface area contributed by atoms with Crippen molar-refractivity contribution >= 4 is 40.7 Å². The average molecular weight is 415 g/mol. The summed E-state index contributed by atoms with van der Waals surface area (Å²) >= 11 is 2.51. The molecule has 1 aromatic carbocycles. The van der Waals surface area contributed by atoms with Gasteiger partial charge in [0.25, 0.3) is 0 Å². The Morgan fingerprint density at radius 1 is 1.29 bits per heavy atom. The summed E-state index contributed by atoms with van der Waals surface area (Å²) in [7, 11) is 1.32. The van der Waals surface area contributed by atoms with Gasteiger partial charge in [-0.25, -0.2) is 14.5 Å². The van der Waals surface area contributed by atoms with Gasteiger partial charge in [0.15, 0.2) is 0 Å². The van der Waals surface area contributed by atoms with E-state index in [0.717, 1.165) is 24.4 Å². The monoisotopic (exact) mass is 414 g/mol. The Bertz CT molecular complexity index is 996. The summed E-state index contributed by atoms with van der Waals surface area (Å²) in [5.41, 5.74) is 1.43. The van der Waals surface area contributed by atoms with E-state index >= 15 is 0 Å². The van der Waals surface area contributed by atoms with Crippen LogP contribution in [0.4, 0.5) is 5.69 Å². The lowest BCUT2D eigenvalue weighted by molar-refractivity contribution is -0.113. The minimum Gasteiger partial charge on any atom is -0.465 e. The fraction of sp³-hybridized carbons (Fsp3) is 0.263. The van der Waals surface area contributed by atoms with Gasteiger partial charge in [0, 0.05) is 5.92 Å². The van der Waals surface area contributed by atoms with Crippen LogP contribution in [-0.2, 0) is 9.53 Å². The maximum Gasteiger partial charge on any atom is 0.350 e. The zero-order chi connectivity index (χ0) is 19.5. The summed E-state index contributed by atoms with van der Waals surface area (Å²) in [6.45, 7) is 0. The van der Waals surface area contributed by atoms with Gasteiger partial charge in [-0.3, -0.25) is 4.79 Å². The van der Waals surface area contributed by atoms with Crippen LogP contribution in [0.25, 0.3) is 5.69 Å². The van der Waals surface area contributed by atoms with E-state index in [-0.39, 0.29) is 11.7 Å². The molecule has 1 aliphatic rings. The molecule has 2 aromatic heterocycles. The van der Waals surface area contributed by atoms with Crippen molar-refractivity contribution in [2.75, 3.05) is 18.2 Å². The Morgan fingerprint density at radius 3 is 2.79 bits per heavy atom. The number of thiophene rings is 1. The van der Waals surface area contributed by atoms with Gasteiger partial charge in [-0.15, -0.1) is 16.4 Å². The minimum absolute atomic E-state index is 0.152. The number of carbonyl (C=O) groups is 2. The van der Waals surface area contributed by atoms with Crippen molar-refractivity contribution in [3.63, 3.8) is 0 Å². The summed E-state index contributed by atoms with van der Waals surface area (Å²) in [6.07, 6.45) is 2.23. The molecule has 28 heavy (non-hydrogen) atoms. The Morgan fingerprint density at radius 2 is 2.07 bits per heavy atom. The molecule has 9 heteroatoms. The first-order chi connectivity index (χ1) is 13.7. The summed E-state index contributed by atoms with van der Waals surface area (Å²) < 4.78 is 6.59. The minimum atomic E-state index is -0.463. The van der Waals surface area contributed by atoms with E-state index in [2.05, 4.69) is 15.4 Å². The molecule has 0 unspecified atom stereocenters. The van der Waals surface area contributed by atoms with Crippen LogP contribution >= 0.6 is 23.1 Å².